The molecule has 0 N–H and O–H groups in total. The van der Waals surface area contributed by atoms with Crippen molar-refractivity contribution in [2.45, 2.75) is 65.2 Å². The van der Waals surface area contributed by atoms with Gasteiger partial charge in [-0.1, -0.05) is 64.5 Å². The topological polar surface area (TPSA) is 88.2 Å². The summed E-state index contributed by atoms with van der Waals surface area (Å²) in [7, 11) is 3.82. The molecule has 0 aliphatic heterocycles. The Morgan fingerprint density at radius 3 is 1.51 bits per heavy atom. The summed E-state index contributed by atoms with van der Waals surface area (Å²) in [6.45, 7) is 5.24. The van der Waals surface area contributed by atoms with E-state index in [0.29, 0.717) is 24.6 Å². The molecule has 11 heteroatoms. The Morgan fingerprint density at radius 2 is 1.11 bits per heavy atom. The maximum atomic E-state index is 12.7. The molecule has 236 valence electrons. The minimum absolute atomic E-state index is 0.274. The summed E-state index contributed by atoms with van der Waals surface area (Å²) in [5, 5.41) is 0. The van der Waals surface area contributed by atoms with E-state index in [-0.39, 0.29) is 11.9 Å². The summed E-state index contributed by atoms with van der Waals surface area (Å²) in [4.78, 5) is 27.6. The van der Waals surface area contributed by atoms with Crippen LogP contribution in [-0.4, -0.2) is 43.0 Å². The van der Waals surface area contributed by atoms with E-state index in [4.69, 9.17) is 18.2 Å². The molecule has 45 heavy (non-hydrogen) atoms. The quantitative estimate of drug-likeness (QED) is 0.0853. The first-order valence-electron chi connectivity index (χ1n) is 15.7. The van der Waals surface area contributed by atoms with Gasteiger partial charge >= 0.3 is 11.9 Å². The van der Waals surface area contributed by atoms with Crippen molar-refractivity contribution in [2.24, 2.45) is 14.1 Å². The number of carbonyl (C=O) groups is 2. The van der Waals surface area contributed by atoms with Crippen molar-refractivity contribution in [1.82, 2.24) is 17.9 Å². The summed E-state index contributed by atoms with van der Waals surface area (Å²) in [6, 6.07) is 12.3. The first kappa shape index (κ1) is 31.4. The van der Waals surface area contributed by atoms with Gasteiger partial charge in [-0.3, -0.25) is 0 Å². The van der Waals surface area contributed by atoms with Gasteiger partial charge in [-0.15, -0.1) is 22.7 Å². The van der Waals surface area contributed by atoms with Gasteiger partial charge in [0, 0.05) is 35.0 Å². The minimum Gasteiger partial charge on any atom is -0.461 e. The van der Waals surface area contributed by atoms with E-state index in [1.165, 1.54) is 11.7 Å². The van der Waals surface area contributed by atoms with Crippen molar-refractivity contribution in [3.8, 4) is 20.9 Å². The third-order valence-electron chi connectivity index (χ3n) is 8.29. The van der Waals surface area contributed by atoms with E-state index in [1.54, 1.807) is 22.7 Å². The van der Waals surface area contributed by atoms with E-state index in [9.17, 15) is 9.59 Å². The fraction of sp³-hybridized carbons (Fsp3) is 0.412. The molecule has 5 aromatic heterocycles. The average Bonchev–Trinajstić information content (AvgIpc) is 3.85. The summed E-state index contributed by atoms with van der Waals surface area (Å²) < 4.78 is 26.4. The molecule has 8 nitrogen and oxygen atoms in total. The highest BCUT2D eigenvalue weighted by molar-refractivity contribution is 7.22. The zero-order valence-electron chi connectivity index (χ0n) is 26.2. The van der Waals surface area contributed by atoms with E-state index >= 15 is 0 Å². The molecule has 6 rings (SSSR count). The Morgan fingerprint density at radius 1 is 0.667 bits per heavy atom. The molecule has 5 heterocycles. The molecule has 0 saturated heterocycles. The molecular weight excluding hydrogens is 625 g/mol. The summed E-state index contributed by atoms with van der Waals surface area (Å²) >= 11 is 4.49. The van der Waals surface area contributed by atoms with Crippen LogP contribution in [0.15, 0.2) is 36.4 Å². The number of unbranched alkanes of at least 4 members (excludes halogenated alkanes) is 6. The van der Waals surface area contributed by atoms with Gasteiger partial charge in [0.05, 0.1) is 45.4 Å². The van der Waals surface area contributed by atoms with Crippen LogP contribution >= 0.6 is 34.4 Å². The minimum atomic E-state index is -0.274. The van der Waals surface area contributed by atoms with Gasteiger partial charge in [-0.25, -0.2) is 9.59 Å². The van der Waals surface area contributed by atoms with Gasteiger partial charge in [0.15, 0.2) is 0 Å². The average molecular weight is 663 g/mol. The molecule has 1 aromatic carbocycles. The van der Waals surface area contributed by atoms with Crippen molar-refractivity contribution >= 4 is 77.8 Å². The molecule has 0 radical (unpaired) electrons. The fourth-order valence-corrected chi connectivity index (χ4v) is 8.56. The number of esters is 2. The number of hydrogen-bond acceptors (Lipinski definition) is 9. The Bertz CT molecular complexity index is 1840. The van der Waals surface area contributed by atoms with Crippen molar-refractivity contribution in [2.75, 3.05) is 13.2 Å². The van der Waals surface area contributed by atoms with Crippen molar-refractivity contribution in [3.63, 3.8) is 0 Å². The third kappa shape index (κ3) is 6.30. The van der Waals surface area contributed by atoms with Crippen molar-refractivity contribution in [1.29, 1.82) is 0 Å². The highest BCUT2D eigenvalue weighted by atomic mass is 32.1. The first-order valence-corrected chi connectivity index (χ1v) is 18.1. The lowest BCUT2D eigenvalue weighted by atomic mass is 10.1. The van der Waals surface area contributed by atoms with Gasteiger partial charge in [-0.05, 0) is 37.1 Å². The van der Waals surface area contributed by atoms with E-state index < -0.39 is 0 Å². The van der Waals surface area contributed by atoms with Crippen molar-refractivity contribution < 1.29 is 19.1 Å². The largest absolute Gasteiger partial charge is 0.461 e. The molecule has 0 saturated carbocycles. The maximum absolute atomic E-state index is 12.7. The van der Waals surface area contributed by atoms with Crippen LogP contribution in [0, 0.1) is 0 Å². The molecular formula is C34H38N4O4S3. The fourth-order valence-electron chi connectivity index (χ4n) is 5.68. The smallest absolute Gasteiger partial charge is 0.355 e. The molecule has 0 bridgehead atoms. The number of fused-ring (bicyclic) bond motifs is 3. The number of rotatable bonds is 14. The zero-order chi connectivity index (χ0) is 31.5. The lowest BCUT2D eigenvalue weighted by Crippen LogP contribution is -2.10. The SMILES string of the molecule is CCCCCCOC(=O)c1cc2sc(-c3ccc(-c4cc5c(cc(C(=O)OCCCCCC)n5C)s4)c4nsnc34)cc2n1C. The summed E-state index contributed by atoms with van der Waals surface area (Å²) in [6.07, 6.45) is 8.57. The second-order valence-corrected chi connectivity index (χ2v) is 14.1. The van der Waals surface area contributed by atoms with Crippen LogP contribution in [0.5, 0.6) is 0 Å². The normalized spacial score (nSPS) is 11.7. The van der Waals surface area contributed by atoms with Crippen LogP contribution in [0.3, 0.4) is 0 Å². The monoisotopic (exact) mass is 662 g/mol. The number of hydrogen-bond donors (Lipinski definition) is 0. The predicted molar refractivity (Wildman–Crippen MR) is 186 cm³/mol. The highest BCUT2D eigenvalue weighted by Gasteiger charge is 2.22. The molecule has 0 atom stereocenters. The highest BCUT2D eigenvalue weighted by Crippen LogP contribution is 2.43. The van der Waals surface area contributed by atoms with Gasteiger partial charge in [0.2, 0.25) is 0 Å². The zero-order valence-corrected chi connectivity index (χ0v) is 28.6. The molecule has 0 amide bonds. The first-order chi connectivity index (χ1) is 21.9. The van der Waals surface area contributed by atoms with Gasteiger partial charge in [0.1, 0.15) is 22.4 Å². The molecule has 6 aromatic rings. The van der Waals surface area contributed by atoms with Crippen LogP contribution in [-0.2, 0) is 23.6 Å². The van der Waals surface area contributed by atoms with Gasteiger partial charge < -0.3 is 18.6 Å². The number of aryl methyl sites for hydroxylation is 2. The van der Waals surface area contributed by atoms with E-state index in [1.807, 2.05) is 35.4 Å². The maximum Gasteiger partial charge on any atom is 0.355 e. The van der Waals surface area contributed by atoms with Crippen LogP contribution in [0.4, 0.5) is 0 Å². The molecule has 0 spiro atoms. The number of thiophene rings is 2. The van der Waals surface area contributed by atoms with Crippen LogP contribution in [0.2, 0.25) is 0 Å². The number of nitrogens with zero attached hydrogens (tertiary/aromatic N) is 4. The number of aromatic nitrogens is 4. The molecule has 0 fully saturated rings. The van der Waals surface area contributed by atoms with Crippen LogP contribution in [0.25, 0.3) is 52.3 Å². The Hall–Kier alpha value is -3.54. The Kier molecular flexibility index (Phi) is 9.67. The van der Waals surface area contributed by atoms with Crippen molar-refractivity contribution in [3.05, 3.63) is 47.8 Å². The lowest BCUT2D eigenvalue weighted by molar-refractivity contribution is 0.0478. The number of benzene rings is 1. The predicted octanol–water partition coefficient (Wildman–Crippen LogP) is 9.61. The lowest BCUT2D eigenvalue weighted by Gasteiger charge is -2.06. The second kappa shape index (κ2) is 13.8. The van der Waals surface area contributed by atoms with E-state index in [0.717, 1.165) is 104 Å². The van der Waals surface area contributed by atoms with Crippen LogP contribution in [0.1, 0.15) is 86.2 Å². The third-order valence-corrected chi connectivity index (χ3v) is 11.0. The molecule has 0 unspecified atom stereocenters. The second-order valence-electron chi connectivity index (χ2n) is 11.4. The Labute approximate surface area is 274 Å². The molecule has 0 aliphatic rings. The van der Waals surface area contributed by atoms with E-state index in [2.05, 4.69) is 38.1 Å². The van der Waals surface area contributed by atoms with Crippen LogP contribution < -0.4 is 0 Å². The number of ether oxygens (including phenoxy) is 2. The van der Waals surface area contributed by atoms with Gasteiger partial charge in [-0.2, -0.15) is 8.75 Å². The van der Waals surface area contributed by atoms with Gasteiger partial charge in [0.25, 0.3) is 0 Å². The summed E-state index contributed by atoms with van der Waals surface area (Å²) in [5.41, 5.74) is 6.90. The molecule has 0 aliphatic carbocycles. The Balaban J connectivity index is 1.22. The standard InChI is InChI=1S/C34H38N4O4S3/c1-5-7-9-11-15-41-33(39)25-19-29-23(37(25)3)17-27(43-29)21-13-14-22(32-31(21)35-45-36-32)28-18-24-30(44-28)20-26(38(24)4)34(40)42-16-12-10-8-6-2/h13-14,17-20H,5-12,15-16H2,1-4H3. The number of carbonyl (C=O) groups excluding carboxylic acids is 2. The summed E-state index contributed by atoms with van der Waals surface area (Å²) in [5.74, 6) is -0.548.